The molecule has 5 nitrogen and oxygen atoms in total. The van der Waals surface area contributed by atoms with E-state index in [1.165, 1.54) is 30.5 Å². The van der Waals surface area contributed by atoms with Crippen LogP contribution >= 0.6 is 0 Å². The lowest BCUT2D eigenvalue weighted by atomic mass is 9.75. The van der Waals surface area contributed by atoms with Gasteiger partial charge in [0.2, 0.25) is 0 Å². The lowest BCUT2D eigenvalue weighted by Crippen LogP contribution is -2.51. The summed E-state index contributed by atoms with van der Waals surface area (Å²) in [6.07, 6.45) is -7.18. The number of hydrogen-bond donors (Lipinski definition) is 3. The van der Waals surface area contributed by atoms with E-state index in [0.29, 0.717) is 10.9 Å². The number of hydrogen-bond acceptors (Lipinski definition) is 3. The number of oxime groups is 1. The van der Waals surface area contributed by atoms with Gasteiger partial charge in [0, 0.05) is 11.0 Å². The Bertz CT molecular complexity index is 1230. The van der Waals surface area contributed by atoms with E-state index in [4.69, 9.17) is 10.9 Å². The van der Waals surface area contributed by atoms with Crippen LogP contribution in [0.25, 0.3) is 22.0 Å². The molecular weight excluding hydrogens is 419 g/mol. The van der Waals surface area contributed by atoms with Crippen molar-refractivity contribution >= 4 is 27.9 Å². The first-order chi connectivity index (χ1) is 14.7. The minimum absolute atomic E-state index is 0.108. The summed E-state index contributed by atoms with van der Waals surface area (Å²) >= 11 is 0. The van der Waals surface area contributed by atoms with Gasteiger partial charge >= 0.3 is 6.18 Å². The van der Waals surface area contributed by atoms with Crippen LogP contribution in [0.1, 0.15) is 11.1 Å². The Morgan fingerprint density at radius 3 is 2.48 bits per heavy atom. The summed E-state index contributed by atoms with van der Waals surface area (Å²) in [5.74, 6) is -0.951. The Kier molecular flexibility index (Phi) is 4.79. The predicted molar refractivity (Wildman–Crippen MR) is 106 cm³/mol. The number of benzene rings is 2. The highest BCUT2D eigenvalue weighted by Gasteiger charge is 2.63. The molecule has 160 valence electrons. The molecule has 1 aliphatic rings. The SMILES string of the molecule is NC(=NO)C1=C(c2ccccc2)C(c2ccc3[nH]ncc3c2)=CC(F)(C(F)(F)F)C1F. The number of H-pyrrole nitrogens is 1. The first kappa shape index (κ1) is 20.6. The number of nitrogens with one attached hydrogen (secondary N) is 1. The van der Waals surface area contributed by atoms with E-state index in [-0.39, 0.29) is 28.3 Å². The summed E-state index contributed by atoms with van der Waals surface area (Å²) in [6.45, 7) is 0. The third-order valence-electron chi connectivity index (χ3n) is 5.15. The normalized spacial score (nSPS) is 22.7. The van der Waals surface area contributed by atoms with Crippen LogP contribution in [0.5, 0.6) is 0 Å². The molecule has 0 amide bonds. The predicted octanol–water partition coefficient (Wildman–Crippen LogP) is 4.77. The van der Waals surface area contributed by atoms with E-state index in [2.05, 4.69) is 15.4 Å². The van der Waals surface area contributed by atoms with Crippen molar-refractivity contribution in [2.24, 2.45) is 10.9 Å². The number of rotatable bonds is 3. The van der Waals surface area contributed by atoms with E-state index in [9.17, 15) is 13.2 Å². The largest absolute Gasteiger partial charge is 0.429 e. The van der Waals surface area contributed by atoms with Crippen LogP contribution in [0.2, 0.25) is 0 Å². The van der Waals surface area contributed by atoms with Crippen LogP contribution in [0.4, 0.5) is 22.0 Å². The van der Waals surface area contributed by atoms with Crippen molar-refractivity contribution in [2.75, 3.05) is 0 Å². The van der Waals surface area contributed by atoms with Crippen LogP contribution in [-0.4, -0.2) is 39.3 Å². The number of fused-ring (bicyclic) bond motifs is 1. The highest BCUT2D eigenvalue weighted by atomic mass is 19.4. The van der Waals surface area contributed by atoms with E-state index >= 15 is 8.78 Å². The molecule has 4 rings (SSSR count). The molecule has 0 saturated carbocycles. The molecular formula is C21H15F5N4O. The van der Waals surface area contributed by atoms with Crippen molar-refractivity contribution in [3.05, 3.63) is 77.5 Å². The molecule has 1 aromatic heterocycles. The molecule has 1 heterocycles. The van der Waals surface area contributed by atoms with Gasteiger partial charge in [0.1, 0.15) is 0 Å². The fourth-order valence-corrected chi connectivity index (χ4v) is 3.63. The van der Waals surface area contributed by atoms with Crippen molar-refractivity contribution in [3.63, 3.8) is 0 Å². The number of amidine groups is 1. The molecule has 0 radical (unpaired) electrons. The maximum absolute atomic E-state index is 15.3. The van der Waals surface area contributed by atoms with Crippen molar-refractivity contribution in [1.82, 2.24) is 10.2 Å². The zero-order valence-electron chi connectivity index (χ0n) is 15.7. The van der Waals surface area contributed by atoms with Gasteiger partial charge in [-0.3, -0.25) is 5.10 Å². The van der Waals surface area contributed by atoms with Gasteiger partial charge in [0.05, 0.1) is 11.7 Å². The number of aromatic nitrogens is 2. The molecule has 0 fully saturated rings. The zero-order chi connectivity index (χ0) is 22.4. The van der Waals surface area contributed by atoms with Crippen LogP contribution in [0.3, 0.4) is 0 Å². The Morgan fingerprint density at radius 2 is 1.84 bits per heavy atom. The highest BCUT2D eigenvalue weighted by Crippen LogP contribution is 2.51. The van der Waals surface area contributed by atoms with Gasteiger partial charge < -0.3 is 10.9 Å². The zero-order valence-corrected chi connectivity index (χ0v) is 15.7. The number of nitrogens with two attached hydrogens (primary N) is 1. The van der Waals surface area contributed by atoms with Gasteiger partial charge in [-0.15, -0.1) is 0 Å². The van der Waals surface area contributed by atoms with Crippen LogP contribution in [0, 0.1) is 0 Å². The summed E-state index contributed by atoms with van der Waals surface area (Å²) in [6, 6.07) is 12.3. The quantitative estimate of drug-likeness (QED) is 0.183. The van der Waals surface area contributed by atoms with E-state index in [1.54, 1.807) is 24.3 Å². The minimum Gasteiger partial charge on any atom is -0.409 e. The molecule has 4 N–H and O–H groups in total. The van der Waals surface area contributed by atoms with Gasteiger partial charge in [-0.25, -0.2) is 8.78 Å². The van der Waals surface area contributed by atoms with E-state index < -0.39 is 29.4 Å². The maximum atomic E-state index is 15.3. The fraction of sp³-hybridized carbons (Fsp3) is 0.143. The maximum Gasteiger partial charge on any atom is 0.429 e. The smallest absolute Gasteiger partial charge is 0.409 e. The lowest BCUT2D eigenvalue weighted by molar-refractivity contribution is -0.225. The first-order valence-corrected chi connectivity index (χ1v) is 9.01. The molecule has 10 heteroatoms. The summed E-state index contributed by atoms with van der Waals surface area (Å²) in [4.78, 5) is 0. The highest BCUT2D eigenvalue weighted by molar-refractivity contribution is 6.18. The average Bonchev–Trinajstić information content (AvgIpc) is 3.22. The van der Waals surface area contributed by atoms with Gasteiger partial charge in [0.15, 0.2) is 12.0 Å². The summed E-state index contributed by atoms with van der Waals surface area (Å²) in [5.41, 5.74) is 0.987. The van der Waals surface area contributed by atoms with Crippen LogP contribution in [0.15, 0.2) is 71.5 Å². The second kappa shape index (κ2) is 7.22. The lowest BCUT2D eigenvalue weighted by Gasteiger charge is -2.36. The fourth-order valence-electron chi connectivity index (χ4n) is 3.63. The molecule has 0 bridgehead atoms. The summed E-state index contributed by atoms with van der Waals surface area (Å²) in [7, 11) is 0. The van der Waals surface area contributed by atoms with Gasteiger partial charge in [-0.2, -0.15) is 18.3 Å². The molecule has 1 aliphatic carbocycles. The molecule has 2 unspecified atom stereocenters. The van der Waals surface area contributed by atoms with Gasteiger partial charge in [0.25, 0.3) is 5.67 Å². The third-order valence-corrected chi connectivity index (χ3v) is 5.15. The molecule has 0 spiro atoms. The third kappa shape index (κ3) is 3.24. The monoisotopic (exact) mass is 434 g/mol. The molecule has 0 saturated heterocycles. The summed E-state index contributed by atoms with van der Waals surface area (Å²) in [5, 5.41) is 18.9. The van der Waals surface area contributed by atoms with Crippen molar-refractivity contribution < 1.29 is 27.2 Å². The molecule has 2 aromatic carbocycles. The molecule has 0 aliphatic heterocycles. The second-order valence-corrected chi connectivity index (χ2v) is 7.00. The number of halogens is 5. The number of aromatic amines is 1. The Labute approximate surface area is 172 Å². The topological polar surface area (TPSA) is 87.3 Å². The first-order valence-electron chi connectivity index (χ1n) is 9.01. The molecule has 2 atom stereocenters. The molecule has 3 aromatic rings. The Hall–Kier alpha value is -3.69. The number of allylic oxidation sites excluding steroid dienone is 3. The second-order valence-electron chi connectivity index (χ2n) is 7.00. The minimum atomic E-state index is -5.60. The number of alkyl halides is 5. The van der Waals surface area contributed by atoms with Crippen molar-refractivity contribution in [2.45, 2.75) is 18.0 Å². The van der Waals surface area contributed by atoms with Crippen molar-refractivity contribution in [1.29, 1.82) is 0 Å². The van der Waals surface area contributed by atoms with Crippen molar-refractivity contribution in [3.8, 4) is 0 Å². The van der Waals surface area contributed by atoms with E-state index in [1.807, 2.05) is 0 Å². The Morgan fingerprint density at radius 1 is 1.13 bits per heavy atom. The standard InChI is InChI=1S/C21H15F5N4O/c22-18-17(19(27)30-31)16(11-4-2-1-3-5-11)14(9-20(18,23)21(24,25)26)12-6-7-15-13(8-12)10-28-29-15/h1-10,18,31H,(H2,27,30)(H,28,29). The van der Waals surface area contributed by atoms with Crippen LogP contribution in [-0.2, 0) is 0 Å². The summed E-state index contributed by atoms with van der Waals surface area (Å²) < 4.78 is 71.5. The van der Waals surface area contributed by atoms with Gasteiger partial charge in [-0.05, 0) is 40.5 Å². The van der Waals surface area contributed by atoms with E-state index in [0.717, 1.165) is 0 Å². The molecule has 31 heavy (non-hydrogen) atoms. The van der Waals surface area contributed by atoms with Gasteiger partial charge in [-0.1, -0.05) is 41.6 Å². The van der Waals surface area contributed by atoms with Crippen LogP contribution < -0.4 is 5.73 Å². The average molecular weight is 434 g/mol. The Balaban J connectivity index is 2.09. The number of nitrogens with zero attached hydrogens (tertiary/aromatic N) is 2.